The Bertz CT molecular complexity index is 539. The zero-order valence-electron chi connectivity index (χ0n) is 11.2. The average Bonchev–Trinajstić information content (AvgIpc) is 2.42. The Hall–Kier alpha value is -1.59. The lowest BCUT2D eigenvalue weighted by Gasteiger charge is -2.23. The number of benzene rings is 1. The fraction of sp³-hybridized carbons (Fsp3) is 0.429. The highest BCUT2D eigenvalue weighted by atomic mass is 35.5. The highest BCUT2D eigenvalue weighted by Crippen LogP contribution is 2.26. The SMILES string of the molecule is Cc1cc(Cl)cc(C(=O)O)c1NC(=O)C1CCCNC1. The van der Waals surface area contributed by atoms with Gasteiger partial charge in [-0.15, -0.1) is 0 Å². The topological polar surface area (TPSA) is 78.4 Å². The summed E-state index contributed by atoms with van der Waals surface area (Å²) in [6.45, 7) is 3.28. The number of halogens is 1. The maximum atomic E-state index is 12.2. The van der Waals surface area contributed by atoms with E-state index in [0.29, 0.717) is 22.8 Å². The van der Waals surface area contributed by atoms with Gasteiger partial charge in [-0.05, 0) is 44.0 Å². The molecule has 0 aromatic heterocycles. The van der Waals surface area contributed by atoms with Crippen molar-refractivity contribution >= 4 is 29.2 Å². The van der Waals surface area contributed by atoms with E-state index in [9.17, 15) is 14.7 Å². The third-order valence-corrected chi connectivity index (χ3v) is 3.66. The molecule has 20 heavy (non-hydrogen) atoms. The Morgan fingerprint density at radius 3 is 2.80 bits per heavy atom. The number of aromatic carboxylic acids is 1. The molecule has 6 heteroatoms. The number of carboxylic acid groups (broad SMARTS) is 1. The zero-order valence-corrected chi connectivity index (χ0v) is 12.0. The number of carbonyl (C=O) groups is 2. The maximum Gasteiger partial charge on any atom is 0.337 e. The fourth-order valence-electron chi connectivity index (χ4n) is 2.38. The molecule has 1 amide bonds. The second-order valence-electron chi connectivity index (χ2n) is 4.98. The van der Waals surface area contributed by atoms with Crippen LogP contribution >= 0.6 is 11.6 Å². The molecule has 5 nitrogen and oxygen atoms in total. The summed E-state index contributed by atoms with van der Waals surface area (Å²) in [6, 6.07) is 2.99. The van der Waals surface area contributed by atoms with Crippen molar-refractivity contribution < 1.29 is 14.7 Å². The number of nitrogens with one attached hydrogen (secondary N) is 2. The van der Waals surface area contributed by atoms with Crippen molar-refractivity contribution in [2.45, 2.75) is 19.8 Å². The van der Waals surface area contributed by atoms with Crippen LogP contribution in [0, 0.1) is 12.8 Å². The molecule has 3 N–H and O–H groups in total. The highest BCUT2D eigenvalue weighted by Gasteiger charge is 2.23. The first-order valence-electron chi connectivity index (χ1n) is 6.54. The van der Waals surface area contributed by atoms with Gasteiger partial charge in [0.1, 0.15) is 0 Å². The molecule has 1 fully saturated rings. The normalized spacial score (nSPS) is 18.6. The summed E-state index contributed by atoms with van der Waals surface area (Å²) in [4.78, 5) is 23.5. The van der Waals surface area contributed by atoms with Gasteiger partial charge >= 0.3 is 5.97 Å². The van der Waals surface area contributed by atoms with E-state index in [2.05, 4.69) is 10.6 Å². The predicted molar refractivity (Wildman–Crippen MR) is 77.4 cm³/mol. The van der Waals surface area contributed by atoms with Crippen molar-refractivity contribution in [2.24, 2.45) is 5.92 Å². The second-order valence-corrected chi connectivity index (χ2v) is 5.42. The molecule has 0 spiro atoms. The van der Waals surface area contributed by atoms with E-state index in [0.717, 1.165) is 19.4 Å². The summed E-state index contributed by atoms with van der Waals surface area (Å²) >= 11 is 5.87. The zero-order chi connectivity index (χ0) is 14.7. The quantitative estimate of drug-likeness (QED) is 0.799. The lowest BCUT2D eigenvalue weighted by molar-refractivity contribution is -0.120. The van der Waals surface area contributed by atoms with E-state index in [4.69, 9.17) is 11.6 Å². The van der Waals surface area contributed by atoms with Gasteiger partial charge in [0.25, 0.3) is 0 Å². The molecular weight excluding hydrogens is 280 g/mol. The van der Waals surface area contributed by atoms with Crippen LogP contribution in [0.15, 0.2) is 12.1 Å². The number of rotatable bonds is 3. The molecule has 1 saturated heterocycles. The summed E-state index contributed by atoms with van der Waals surface area (Å²) in [5.41, 5.74) is 0.997. The van der Waals surface area contributed by atoms with E-state index in [-0.39, 0.29) is 17.4 Å². The molecule has 1 unspecified atom stereocenters. The smallest absolute Gasteiger partial charge is 0.337 e. The van der Waals surface area contributed by atoms with Gasteiger partial charge in [0.15, 0.2) is 0 Å². The minimum atomic E-state index is -1.10. The van der Waals surface area contributed by atoms with Gasteiger partial charge in [-0.1, -0.05) is 11.6 Å². The lowest BCUT2D eigenvalue weighted by atomic mass is 9.98. The summed E-state index contributed by atoms with van der Waals surface area (Å²) in [5.74, 6) is -1.38. The first-order valence-corrected chi connectivity index (χ1v) is 6.92. The van der Waals surface area contributed by atoms with E-state index in [1.807, 2.05) is 0 Å². The Balaban J connectivity index is 2.23. The Kier molecular flexibility index (Phi) is 4.62. The molecule has 1 aromatic rings. The van der Waals surface area contributed by atoms with Crippen LogP contribution in [0.3, 0.4) is 0 Å². The van der Waals surface area contributed by atoms with Gasteiger partial charge in [0.2, 0.25) is 5.91 Å². The second kappa shape index (κ2) is 6.24. The van der Waals surface area contributed by atoms with E-state index in [1.54, 1.807) is 13.0 Å². The number of anilines is 1. The first-order chi connectivity index (χ1) is 9.49. The largest absolute Gasteiger partial charge is 0.478 e. The first kappa shape index (κ1) is 14.8. The molecular formula is C14H17ClN2O3. The molecule has 0 bridgehead atoms. The molecule has 1 atom stereocenters. The van der Waals surface area contributed by atoms with Crippen LogP contribution in [-0.4, -0.2) is 30.1 Å². The Morgan fingerprint density at radius 1 is 1.45 bits per heavy atom. The third-order valence-electron chi connectivity index (χ3n) is 3.45. The van der Waals surface area contributed by atoms with Gasteiger partial charge in [-0.3, -0.25) is 4.79 Å². The fourth-order valence-corrected chi connectivity index (χ4v) is 2.65. The molecule has 2 rings (SSSR count). The van der Waals surface area contributed by atoms with Gasteiger partial charge in [-0.25, -0.2) is 4.79 Å². The number of carboxylic acids is 1. The predicted octanol–water partition coefficient (Wildman–Crippen LogP) is 2.28. The minimum Gasteiger partial charge on any atom is -0.478 e. The molecule has 108 valence electrons. The van der Waals surface area contributed by atoms with Crippen LogP contribution in [0.2, 0.25) is 5.02 Å². The number of amides is 1. The number of piperidine rings is 1. The van der Waals surface area contributed by atoms with Crippen LogP contribution in [-0.2, 0) is 4.79 Å². The number of carbonyl (C=O) groups excluding carboxylic acids is 1. The van der Waals surface area contributed by atoms with Gasteiger partial charge in [-0.2, -0.15) is 0 Å². The molecule has 1 aliphatic heterocycles. The van der Waals surface area contributed by atoms with Crippen LogP contribution in [0.4, 0.5) is 5.69 Å². The molecule has 1 aromatic carbocycles. The summed E-state index contributed by atoms with van der Waals surface area (Å²) in [6.07, 6.45) is 1.76. The van der Waals surface area contributed by atoms with Crippen LogP contribution in [0.25, 0.3) is 0 Å². The van der Waals surface area contributed by atoms with E-state index >= 15 is 0 Å². The highest BCUT2D eigenvalue weighted by molar-refractivity contribution is 6.31. The van der Waals surface area contributed by atoms with Crippen LogP contribution in [0.5, 0.6) is 0 Å². The lowest BCUT2D eigenvalue weighted by Crippen LogP contribution is -2.37. The molecule has 1 aliphatic rings. The summed E-state index contributed by atoms with van der Waals surface area (Å²) in [7, 11) is 0. The summed E-state index contributed by atoms with van der Waals surface area (Å²) < 4.78 is 0. The van der Waals surface area contributed by atoms with Crippen molar-refractivity contribution in [2.75, 3.05) is 18.4 Å². The monoisotopic (exact) mass is 296 g/mol. The number of aryl methyl sites for hydroxylation is 1. The standard InChI is InChI=1S/C14H17ClN2O3/c1-8-5-10(15)6-11(14(19)20)12(8)17-13(18)9-3-2-4-16-7-9/h5-6,9,16H,2-4,7H2,1H3,(H,17,18)(H,19,20). The minimum absolute atomic E-state index is 0.0205. The van der Waals surface area contributed by atoms with Crippen LogP contribution in [0.1, 0.15) is 28.8 Å². The van der Waals surface area contributed by atoms with Crippen molar-refractivity contribution in [3.05, 3.63) is 28.3 Å². The molecule has 1 heterocycles. The van der Waals surface area contributed by atoms with Gasteiger partial charge in [0, 0.05) is 11.6 Å². The Morgan fingerprint density at radius 2 is 2.20 bits per heavy atom. The average molecular weight is 297 g/mol. The number of hydrogen-bond acceptors (Lipinski definition) is 3. The van der Waals surface area contributed by atoms with Gasteiger partial charge in [0.05, 0.1) is 17.2 Å². The maximum absolute atomic E-state index is 12.2. The Labute approximate surface area is 122 Å². The molecule has 0 aliphatic carbocycles. The molecule has 0 radical (unpaired) electrons. The number of hydrogen-bond donors (Lipinski definition) is 3. The van der Waals surface area contributed by atoms with Crippen LogP contribution < -0.4 is 10.6 Å². The van der Waals surface area contributed by atoms with Crippen molar-refractivity contribution in [3.8, 4) is 0 Å². The summed E-state index contributed by atoms with van der Waals surface area (Å²) in [5, 5.41) is 15.5. The molecule has 0 saturated carbocycles. The van der Waals surface area contributed by atoms with E-state index < -0.39 is 5.97 Å². The van der Waals surface area contributed by atoms with Gasteiger partial charge < -0.3 is 15.7 Å². The van der Waals surface area contributed by atoms with Crippen molar-refractivity contribution in [1.29, 1.82) is 0 Å². The van der Waals surface area contributed by atoms with E-state index in [1.165, 1.54) is 6.07 Å². The van der Waals surface area contributed by atoms with Crippen molar-refractivity contribution in [3.63, 3.8) is 0 Å². The third kappa shape index (κ3) is 3.29. The van der Waals surface area contributed by atoms with Crippen molar-refractivity contribution in [1.82, 2.24) is 5.32 Å².